The number of aryl methyl sites for hydroxylation is 1. The van der Waals surface area contributed by atoms with E-state index in [2.05, 4.69) is 15.9 Å². The largest absolute Gasteiger partial charge is 0.507 e. The van der Waals surface area contributed by atoms with Gasteiger partial charge in [-0.15, -0.1) is 0 Å². The molecule has 106 valence electrons. The predicted octanol–water partition coefficient (Wildman–Crippen LogP) is 4.75. The Hall–Kier alpha value is -1.61. The van der Waals surface area contributed by atoms with Crippen molar-refractivity contribution in [1.29, 1.82) is 0 Å². The Bertz CT molecular complexity index is 549. The molecule has 1 N–H and O–H groups in total. The van der Waals surface area contributed by atoms with E-state index >= 15 is 0 Å². The van der Waals surface area contributed by atoms with Crippen LogP contribution in [0, 0.1) is 6.92 Å². The van der Waals surface area contributed by atoms with Gasteiger partial charge in [0.1, 0.15) is 5.76 Å². The molecule has 1 rings (SSSR count). The van der Waals surface area contributed by atoms with Gasteiger partial charge in [-0.25, -0.2) is 0 Å². The number of carbonyl (C=O) groups is 1. The van der Waals surface area contributed by atoms with Crippen LogP contribution in [-0.2, 0) is 4.79 Å². The lowest BCUT2D eigenvalue weighted by Gasteiger charge is -2.02. The molecule has 20 heavy (non-hydrogen) atoms. The topological polar surface area (TPSA) is 37.3 Å². The van der Waals surface area contributed by atoms with Crippen LogP contribution in [0.5, 0.6) is 0 Å². The van der Waals surface area contributed by atoms with Crippen LogP contribution in [0.15, 0.2) is 54.1 Å². The zero-order valence-electron chi connectivity index (χ0n) is 11.9. The fourth-order valence-corrected chi connectivity index (χ4v) is 1.72. The molecule has 0 aromatic heterocycles. The summed E-state index contributed by atoms with van der Waals surface area (Å²) in [5, 5.41) is 9.98. The van der Waals surface area contributed by atoms with Crippen LogP contribution < -0.4 is 0 Å². The summed E-state index contributed by atoms with van der Waals surface area (Å²) in [6, 6.07) is 7.38. The van der Waals surface area contributed by atoms with Crippen LogP contribution in [0.2, 0.25) is 0 Å². The number of rotatable bonds is 5. The number of ketones is 1. The first kappa shape index (κ1) is 16.4. The van der Waals surface area contributed by atoms with Gasteiger partial charge in [0.25, 0.3) is 0 Å². The number of allylic oxidation sites excluding steroid dienone is 5. The first-order valence-electron chi connectivity index (χ1n) is 6.44. The summed E-state index contributed by atoms with van der Waals surface area (Å²) in [6.45, 7) is 5.74. The monoisotopic (exact) mass is 334 g/mol. The van der Waals surface area contributed by atoms with Gasteiger partial charge < -0.3 is 5.11 Å². The summed E-state index contributed by atoms with van der Waals surface area (Å²) < 4.78 is 0. The summed E-state index contributed by atoms with van der Waals surface area (Å²) in [5.74, 6) is -0.232. The molecule has 1 aromatic carbocycles. The van der Waals surface area contributed by atoms with Crippen molar-refractivity contribution in [2.45, 2.75) is 25.6 Å². The number of aliphatic hydroxyl groups excluding tert-OH is 1. The molecule has 0 aliphatic carbocycles. The molecule has 0 heterocycles. The van der Waals surface area contributed by atoms with Crippen molar-refractivity contribution < 1.29 is 9.90 Å². The van der Waals surface area contributed by atoms with E-state index in [0.29, 0.717) is 11.1 Å². The van der Waals surface area contributed by atoms with Crippen molar-refractivity contribution in [3.05, 3.63) is 65.3 Å². The third-order valence-corrected chi connectivity index (χ3v) is 3.06. The van der Waals surface area contributed by atoms with Crippen LogP contribution >= 0.6 is 15.9 Å². The summed E-state index contributed by atoms with van der Waals surface area (Å²) in [4.78, 5) is 12.3. The van der Waals surface area contributed by atoms with Crippen molar-refractivity contribution in [2.75, 3.05) is 0 Å². The second-order valence-corrected chi connectivity index (χ2v) is 5.98. The number of aliphatic hydroxyl groups is 1. The molecule has 1 aromatic rings. The first-order valence-corrected chi connectivity index (χ1v) is 7.36. The zero-order valence-corrected chi connectivity index (χ0v) is 13.5. The summed E-state index contributed by atoms with van der Waals surface area (Å²) in [7, 11) is 0. The number of hydrogen-bond acceptors (Lipinski definition) is 2. The molecule has 0 aliphatic heterocycles. The number of benzene rings is 1. The smallest absolute Gasteiger partial charge is 0.189 e. The van der Waals surface area contributed by atoms with Crippen molar-refractivity contribution in [3.8, 4) is 0 Å². The minimum absolute atomic E-state index is 0.0189. The van der Waals surface area contributed by atoms with Crippen molar-refractivity contribution >= 4 is 27.5 Å². The highest BCUT2D eigenvalue weighted by Gasteiger charge is 2.06. The Kier molecular flexibility index (Phi) is 6.46. The van der Waals surface area contributed by atoms with E-state index in [9.17, 15) is 9.90 Å². The standard InChI is InChI=1S/C17H19BrO2/c1-4-14(10-7-13(3)18)16(19)11-17(20)15-8-5-12(2)6-9-15/h4-11,13,20H,1-3H3/b10-7-,14-4+,17-11-. The van der Waals surface area contributed by atoms with Gasteiger partial charge in [0, 0.05) is 22.0 Å². The van der Waals surface area contributed by atoms with E-state index in [1.165, 1.54) is 6.08 Å². The van der Waals surface area contributed by atoms with Gasteiger partial charge in [0.15, 0.2) is 5.78 Å². The quantitative estimate of drug-likeness (QED) is 0.365. The maximum absolute atomic E-state index is 12.1. The molecule has 1 atom stereocenters. The van der Waals surface area contributed by atoms with Gasteiger partial charge >= 0.3 is 0 Å². The zero-order chi connectivity index (χ0) is 15.1. The SMILES string of the molecule is C/C=C(\C=C/C(C)Br)C(=O)/C=C(\O)c1ccc(C)cc1. The normalized spacial score (nSPS) is 14.6. The molecule has 0 saturated carbocycles. The van der Waals surface area contributed by atoms with Crippen LogP contribution in [0.3, 0.4) is 0 Å². The third kappa shape index (κ3) is 5.17. The predicted molar refractivity (Wildman–Crippen MR) is 88.1 cm³/mol. The molecule has 1 unspecified atom stereocenters. The highest BCUT2D eigenvalue weighted by atomic mass is 79.9. The van der Waals surface area contributed by atoms with Gasteiger partial charge in [-0.3, -0.25) is 4.79 Å². The minimum atomic E-state index is -0.213. The number of carbonyl (C=O) groups excluding carboxylic acids is 1. The molecule has 0 saturated heterocycles. The summed E-state index contributed by atoms with van der Waals surface area (Å²) in [5.41, 5.74) is 2.29. The molecule has 0 radical (unpaired) electrons. The molecule has 0 bridgehead atoms. The Labute approximate surface area is 128 Å². The highest BCUT2D eigenvalue weighted by Crippen LogP contribution is 2.14. The van der Waals surface area contributed by atoms with Crippen LogP contribution in [-0.4, -0.2) is 15.7 Å². The molecular formula is C17H19BrO2. The second-order valence-electron chi connectivity index (χ2n) is 4.54. The van der Waals surface area contributed by atoms with Gasteiger partial charge in [-0.05, 0) is 20.8 Å². The average molecular weight is 335 g/mol. The summed E-state index contributed by atoms with van der Waals surface area (Å²) in [6.07, 6.45) is 6.61. The van der Waals surface area contributed by atoms with Crippen molar-refractivity contribution in [1.82, 2.24) is 0 Å². The Morgan fingerprint density at radius 1 is 1.30 bits per heavy atom. The molecule has 0 spiro atoms. The Morgan fingerprint density at radius 2 is 1.90 bits per heavy atom. The number of alkyl halides is 1. The lowest BCUT2D eigenvalue weighted by atomic mass is 10.1. The van der Waals surface area contributed by atoms with Gasteiger partial charge in [0.2, 0.25) is 0 Å². The van der Waals surface area contributed by atoms with Crippen molar-refractivity contribution in [3.63, 3.8) is 0 Å². The van der Waals surface area contributed by atoms with E-state index in [4.69, 9.17) is 0 Å². The van der Waals surface area contributed by atoms with E-state index in [-0.39, 0.29) is 16.4 Å². The lowest BCUT2D eigenvalue weighted by molar-refractivity contribution is -0.111. The molecule has 0 fully saturated rings. The van der Waals surface area contributed by atoms with Crippen LogP contribution in [0.25, 0.3) is 5.76 Å². The second kappa shape index (κ2) is 7.85. The molecular weight excluding hydrogens is 316 g/mol. The van der Waals surface area contributed by atoms with Gasteiger partial charge in [-0.2, -0.15) is 0 Å². The maximum Gasteiger partial charge on any atom is 0.189 e. The fourth-order valence-electron chi connectivity index (χ4n) is 1.57. The number of hydrogen-bond donors (Lipinski definition) is 1. The van der Waals surface area contributed by atoms with Gasteiger partial charge in [-0.1, -0.05) is 64.0 Å². The Morgan fingerprint density at radius 3 is 2.40 bits per heavy atom. The first-order chi connectivity index (χ1) is 9.43. The minimum Gasteiger partial charge on any atom is -0.507 e. The average Bonchev–Trinajstić information content (AvgIpc) is 2.39. The summed E-state index contributed by atoms with van der Waals surface area (Å²) >= 11 is 3.39. The van der Waals surface area contributed by atoms with Crippen LogP contribution in [0.4, 0.5) is 0 Å². The van der Waals surface area contributed by atoms with E-state index in [1.807, 2.05) is 32.1 Å². The number of halogens is 1. The maximum atomic E-state index is 12.1. The molecule has 2 nitrogen and oxygen atoms in total. The fraction of sp³-hybridized carbons (Fsp3) is 0.235. The van der Waals surface area contributed by atoms with Crippen molar-refractivity contribution in [2.24, 2.45) is 0 Å². The highest BCUT2D eigenvalue weighted by molar-refractivity contribution is 9.09. The van der Waals surface area contributed by atoms with E-state index in [0.717, 1.165) is 5.56 Å². The Balaban J connectivity index is 2.91. The van der Waals surface area contributed by atoms with E-state index in [1.54, 1.807) is 31.2 Å². The lowest BCUT2D eigenvalue weighted by Crippen LogP contribution is -1.98. The molecule has 0 amide bonds. The van der Waals surface area contributed by atoms with E-state index < -0.39 is 0 Å². The molecule has 3 heteroatoms. The van der Waals surface area contributed by atoms with Crippen LogP contribution in [0.1, 0.15) is 25.0 Å². The van der Waals surface area contributed by atoms with Gasteiger partial charge in [0.05, 0.1) is 0 Å². The molecule has 0 aliphatic rings. The third-order valence-electron chi connectivity index (χ3n) is 2.75.